The van der Waals surface area contributed by atoms with E-state index in [4.69, 9.17) is 4.74 Å². The van der Waals surface area contributed by atoms with Crippen molar-refractivity contribution in [3.63, 3.8) is 0 Å². The van der Waals surface area contributed by atoms with Crippen LogP contribution in [0.3, 0.4) is 0 Å². The summed E-state index contributed by atoms with van der Waals surface area (Å²) in [5.41, 5.74) is -0.515. The first-order valence-corrected chi connectivity index (χ1v) is 5.09. The van der Waals surface area contributed by atoms with Crippen molar-refractivity contribution in [2.24, 2.45) is 5.41 Å². The molecule has 0 aliphatic carbocycles. The molecule has 15 heavy (non-hydrogen) atoms. The lowest BCUT2D eigenvalue weighted by atomic mass is 9.93. The maximum Gasteiger partial charge on any atom is 0.313 e. The number of carbonyl (C=O) groups excluding carboxylic acids is 1. The van der Waals surface area contributed by atoms with Crippen LogP contribution in [0.5, 0.6) is 0 Å². The standard InChI is InChI=1S/C11H18N2O2/c1-5-9-12-6-7-13(9)8-11(2,3)10(14)15-4/h6-7H,5,8H2,1-4H3. The number of esters is 1. The zero-order chi connectivity index (χ0) is 11.5. The van der Waals surface area contributed by atoms with Gasteiger partial charge >= 0.3 is 5.97 Å². The number of hydrogen-bond acceptors (Lipinski definition) is 3. The molecule has 0 saturated carbocycles. The van der Waals surface area contributed by atoms with Crippen LogP contribution < -0.4 is 0 Å². The summed E-state index contributed by atoms with van der Waals surface area (Å²) in [6.45, 7) is 6.39. The van der Waals surface area contributed by atoms with Gasteiger partial charge in [-0.15, -0.1) is 0 Å². The molecular formula is C11H18N2O2. The van der Waals surface area contributed by atoms with Gasteiger partial charge in [0.05, 0.1) is 12.5 Å². The van der Waals surface area contributed by atoms with Crippen molar-refractivity contribution in [3.8, 4) is 0 Å². The SMILES string of the molecule is CCc1nccn1CC(C)(C)C(=O)OC. The van der Waals surface area contributed by atoms with Crippen molar-refractivity contribution in [1.29, 1.82) is 0 Å². The van der Waals surface area contributed by atoms with Crippen molar-refractivity contribution >= 4 is 5.97 Å². The van der Waals surface area contributed by atoms with Gasteiger partial charge in [0.25, 0.3) is 0 Å². The fourth-order valence-electron chi connectivity index (χ4n) is 1.57. The van der Waals surface area contributed by atoms with Crippen LogP contribution in [0.4, 0.5) is 0 Å². The second-order valence-corrected chi connectivity index (χ2v) is 4.20. The Hall–Kier alpha value is -1.32. The molecule has 0 spiro atoms. The summed E-state index contributed by atoms with van der Waals surface area (Å²) < 4.78 is 6.76. The Labute approximate surface area is 90.3 Å². The molecule has 0 aliphatic rings. The minimum Gasteiger partial charge on any atom is -0.469 e. The molecule has 1 heterocycles. The quantitative estimate of drug-likeness (QED) is 0.710. The van der Waals surface area contributed by atoms with Crippen molar-refractivity contribution in [2.45, 2.75) is 33.7 Å². The van der Waals surface area contributed by atoms with E-state index in [0.717, 1.165) is 12.2 Å². The van der Waals surface area contributed by atoms with E-state index in [9.17, 15) is 4.79 Å². The summed E-state index contributed by atoms with van der Waals surface area (Å²) in [5.74, 6) is 0.797. The molecule has 0 aromatic carbocycles. The molecule has 4 heteroatoms. The summed E-state index contributed by atoms with van der Waals surface area (Å²) in [4.78, 5) is 15.7. The maximum atomic E-state index is 11.5. The fourth-order valence-corrected chi connectivity index (χ4v) is 1.57. The Morgan fingerprint density at radius 3 is 2.80 bits per heavy atom. The second-order valence-electron chi connectivity index (χ2n) is 4.20. The van der Waals surface area contributed by atoms with E-state index < -0.39 is 5.41 Å². The van der Waals surface area contributed by atoms with E-state index in [1.165, 1.54) is 7.11 Å². The summed E-state index contributed by atoms with van der Waals surface area (Å²) >= 11 is 0. The van der Waals surface area contributed by atoms with Crippen LogP contribution in [0.2, 0.25) is 0 Å². The van der Waals surface area contributed by atoms with Gasteiger partial charge in [-0.2, -0.15) is 0 Å². The smallest absolute Gasteiger partial charge is 0.313 e. The number of aromatic nitrogens is 2. The first kappa shape index (κ1) is 11.8. The monoisotopic (exact) mass is 210 g/mol. The number of hydrogen-bond donors (Lipinski definition) is 0. The molecule has 0 saturated heterocycles. The minimum absolute atomic E-state index is 0.196. The molecule has 0 amide bonds. The normalized spacial score (nSPS) is 11.5. The van der Waals surface area contributed by atoms with Crippen LogP contribution in [-0.4, -0.2) is 22.6 Å². The lowest BCUT2D eigenvalue weighted by Crippen LogP contribution is -2.31. The van der Waals surface area contributed by atoms with Gasteiger partial charge in [0.15, 0.2) is 0 Å². The molecule has 4 nitrogen and oxygen atoms in total. The Bertz CT molecular complexity index is 342. The van der Waals surface area contributed by atoms with E-state index in [1.54, 1.807) is 6.20 Å². The molecular weight excluding hydrogens is 192 g/mol. The van der Waals surface area contributed by atoms with Crippen LogP contribution >= 0.6 is 0 Å². The van der Waals surface area contributed by atoms with Crippen LogP contribution in [0.1, 0.15) is 26.6 Å². The largest absolute Gasteiger partial charge is 0.469 e. The van der Waals surface area contributed by atoms with Gasteiger partial charge in [0, 0.05) is 25.4 Å². The molecule has 0 unspecified atom stereocenters. The van der Waals surface area contributed by atoms with Gasteiger partial charge in [-0.05, 0) is 13.8 Å². The van der Waals surface area contributed by atoms with Crippen LogP contribution in [0, 0.1) is 5.41 Å². The van der Waals surface area contributed by atoms with Crippen LogP contribution in [0.25, 0.3) is 0 Å². The van der Waals surface area contributed by atoms with E-state index in [1.807, 2.05) is 31.5 Å². The highest BCUT2D eigenvalue weighted by atomic mass is 16.5. The molecule has 1 aromatic rings. The fraction of sp³-hybridized carbons (Fsp3) is 0.636. The third kappa shape index (κ3) is 2.58. The molecule has 84 valence electrons. The Morgan fingerprint density at radius 1 is 1.60 bits per heavy atom. The third-order valence-electron chi connectivity index (χ3n) is 2.42. The van der Waals surface area contributed by atoms with Crippen molar-refractivity contribution < 1.29 is 9.53 Å². The van der Waals surface area contributed by atoms with Crippen molar-refractivity contribution in [3.05, 3.63) is 18.2 Å². The number of aryl methyl sites for hydroxylation is 1. The van der Waals surface area contributed by atoms with Gasteiger partial charge in [0.1, 0.15) is 5.82 Å². The molecule has 0 fully saturated rings. The van der Waals surface area contributed by atoms with Gasteiger partial charge in [-0.25, -0.2) is 4.98 Å². The minimum atomic E-state index is -0.515. The number of ether oxygens (including phenoxy) is 1. The summed E-state index contributed by atoms with van der Waals surface area (Å²) in [6.07, 6.45) is 4.51. The Morgan fingerprint density at radius 2 is 2.27 bits per heavy atom. The van der Waals surface area contributed by atoms with Gasteiger partial charge in [-0.1, -0.05) is 6.92 Å². The number of nitrogens with zero attached hydrogens (tertiary/aromatic N) is 2. The average molecular weight is 210 g/mol. The highest BCUT2D eigenvalue weighted by Crippen LogP contribution is 2.20. The first-order valence-electron chi connectivity index (χ1n) is 5.09. The zero-order valence-corrected chi connectivity index (χ0v) is 9.78. The predicted molar refractivity (Wildman–Crippen MR) is 57.4 cm³/mol. The zero-order valence-electron chi connectivity index (χ0n) is 9.78. The van der Waals surface area contributed by atoms with Crippen molar-refractivity contribution in [2.75, 3.05) is 7.11 Å². The van der Waals surface area contributed by atoms with E-state index in [2.05, 4.69) is 4.98 Å². The topological polar surface area (TPSA) is 44.1 Å². The first-order chi connectivity index (χ1) is 7.01. The highest BCUT2D eigenvalue weighted by Gasteiger charge is 2.29. The molecule has 0 bridgehead atoms. The molecule has 0 atom stereocenters. The molecule has 1 aromatic heterocycles. The Balaban J connectivity index is 2.81. The number of imidazole rings is 1. The molecule has 0 N–H and O–H groups in total. The Kier molecular flexibility index (Phi) is 3.50. The summed E-state index contributed by atoms with van der Waals surface area (Å²) in [5, 5.41) is 0. The second kappa shape index (κ2) is 4.47. The number of carbonyl (C=O) groups is 1. The van der Waals surface area contributed by atoms with E-state index in [-0.39, 0.29) is 5.97 Å². The number of methoxy groups -OCH3 is 1. The maximum absolute atomic E-state index is 11.5. The lowest BCUT2D eigenvalue weighted by Gasteiger charge is -2.22. The van der Waals surface area contributed by atoms with Crippen LogP contribution in [-0.2, 0) is 22.5 Å². The highest BCUT2D eigenvalue weighted by molar-refractivity contribution is 5.75. The van der Waals surface area contributed by atoms with Crippen LogP contribution in [0.15, 0.2) is 12.4 Å². The summed E-state index contributed by atoms with van der Waals surface area (Å²) in [6, 6.07) is 0. The third-order valence-corrected chi connectivity index (χ3v) is 2.42. The van der Waals surface area contributed by atoms with E-state index >= 15 is 0 Å². The van der Waals surface area contributed by atoms with Gasteiger partial charge in [0.2, 0.25) is 0 Å². The van der Waals surface area contributed by atoms with Gasteiger partial charge in [-0.3, -0.25) is 4.79 Å². The predicted octanol–water partition coefficient (Wildman–Crippen LogP) is 1.64. The molecule has 0 aliphatic heterocycles. The lowest BCUT2D eigenvalue weighted by molar-refractivity contribution is -0.151. The number of rotatable bonds is 4. The molecule has 0 radical (unpaired) electrons. The van der Waals surface area contributed by atoms with Gasteiger partial charge < -0.3 is 9.30 Å². The van der Waals surface area contributed by atoms with E-state index in [0.29, 0.717) is 6.54 Å². The summed E-state index contributed by atoms with van der Waals surface area (Å²) in [7, 11) is 1.42. The molecule has 1 rings (SSSR count). The van der Waals surface area contributed by atoms with Crippen molar-refractivity contribution in [1.82, 2.24) is 9.55 Å². The average Bonchev–Trinajstić information content (AvgIpc) is 2.63.